The molecule has 0 aliphatic rings. The van der Waals surface area contributed by atoms with Crippen LogP contribution in [0.1, 0.15) is 15.9 Å². The second-order valence-electron chi connectivity index (χ2n) is 4.10. The second kappa shape index (κ2) is 6.99. The number of hydrazone groups is 1. The van der Waals surface area contributed by atoms with Crippen LogP contribution in [0.2, 0.25) is 0 Å². The normalized spacial score (nSPS) is 10.6. The molecule has 0 heterocycles. The lowest BCUT2D eigenvalue weighted by atomic mass is 10.2. The molecule has 0 spiro atoms. The Balaban J connectivity index is 1.99. The number of ether oxygens (including phenoxy) is 1. The summed E-state index contributed by atoms with van der Waals surface area (Å²) in [6, 6.07) is 11.1. The van der Waals surface area contributed by atoms with E-state index in [0.717, 1.165) is 0 Å². The molecule has 108 valence electrons. The SMILES string of the molecule is COc1ccc(C(=O)N/N=C/c2ccc(F)c(Br)c2)cc1. The lowest BCUT2D eigenvalue weighted by molar-refractivity contribution is 0.0955. The molecule has 4 nitrogen and oxygen atoms in total. The van der Waals surface area contributed by atoms with E-state index >= 15 is 0 Å². The van der Waals surface area contributed by atoms with E-state index in [9.17, 15) is 9.18 Å². The molecule has 0 bridgehead atoms. The second-order valence-corrected chi connectivity index (χ2v) is 4.96. The Morgan fingerprint density at radius 3 is 2.62 bits per heavy atom. The van der Waals surface area contributed by atoms with Crippen molar-refractivity contribution in [2.75, 3.05) is 7.11 Å². The van der Waals surface area contributed by atoms with Crippen LogP contribution in [0.25, 0.3) is 0 Å². The van der Waals surface area contributed by atoms with Crippen molar-refractivity contribution in [2.24, 2.45) is 5.10 Å². The fraction of sp³-hybridized carbons (Fsp3) is 0.0667. The minimum atomic E-state index is -0.352. The van der Waals surface area contributed by atoms with E-state index in [2.05, 4.69) is 26.5 Å². The molecule has 0 aliphatic heterocycles. The number of nitrogens with one attached hydrogen (secondary N) is 1. The van der Waals surface area contributed by atoms with E-state index in [1.54, 1.807) is 43.5 Å². The van der Waals surface area contributed by atoms with Gasteiger partial charge >= 0.3 is 0 Å². The number of nitrogens with zero attached hydrogens (tertiary/aromatic N) is 1. The van der Waals surface area contributed by atoms with Crippen molar-refractivity contribution in [1.29, 1.82) is 0 Å². The zero-order chi connectivity index (χ0) is 15.2. The Morgan fingerprint density at radius 2 is 2.00 bits per heavy atom. The maximum atomic E-state index is 13.1. The van der Waals surface area contributed by atoms with Crippen LogP contribution in [-0.4, -0.2) is 19.2 Å². The van der Waals surface area contributed by atoms with Crippen LogP contribution in [0.4, 0.5) is 4.39 Å². The Kier molecular flexibility index (Phi) is 5.05. The highest BCUT2D eigenvalue weighted by Crippen LogP contribution is 2.15. The van der Waals surface area contributed by atoms with Crippen molar-refractivity contribution in [2.45, 2.75) is 0 Å². The average Bonchev–Trinajstić information content (AvgIpc) is 2.51. The van der Waals surface area contributed by atoms with Gasteiger partial charge in [0.25, 0.3) is 5.91 Å². The number of hydrogen-bond donors (Lipinski definition) is 1. The van der Waals surface area contributed by atoms with Crippen LogP contribution in [0, 0.1) is 5.82 Å². The molecule has 0 fully saturated rings. The number of carbonyl (C=O) groups is 1. The molecule has 0 atom stereocenters. The third-order valence-corrected chi connectivity index (χ3v) is 3.28. The molecule has 1 N–H and O–H groups in total. The van der Waals surface area contributed by atoms with E-state index in [1.165, 1.54) is 12.3 Å². The average molecular weight is 351 g/mol. The molecule has 0 saturated carbocycles. The quantitative estimate of drug-likeness (QED) is 0.678. The zero-order valence-corrected chi connectivity index (χ0v) is 12.7. The highest BCUT2D eigenvalue weighted by atomic mass is 79.9. The van der Waals surface area contributed by atoms with E-state index in [-0.39, 0.29) is 11.7 Å². The first-order valence-corrected chi connectivity index (χ1v) is 6.82. The van der Waals surface area contributed by atoms with Gasteiger partial charge in [0.1, 0.15) is 11.6 Å². The predicted octanol–water partition coefficient (Wildman–Crippen LogP) is 3.36. The van der Waals surface area contributed by atoms with Crippen molar-refractivity contribution in [3.8, 4) is 5.75 Å². The minimum Gasteiger partial charge on any atom is -0.497 e. The predicted molar refractivity (Wildman–Crippen MR) is 82.2 cm³/mol. The number of benzene rings is 2. The molecule has 0 aliphatic carbocycles. The smallest absolute Gasteiger partial charge is 0.271 e. The lowest BCUT2D eigenvalue weighted by Crippen LogP contribution is -2.17. The number of amides is 1. The highest BCUT2D eigenvalue weighted by Gasteiger charge is 2.04. The third-order valence-electron chi connectivity index (χ3n) is 2.68. The molecule has 1 amide bonds. The van der Waals surface area contributed by atoms with Crippen molar-refractivity contribution < 1.29 is 13.9 Å². The van der Waals surface area contributed by atoms with Gasteiger partial charge in [-0.15, -0.1) is 0 Å². The van der Waals surface area contributed by atoms with Gasteiger partial charge in [0.15, 0.2) is 0 Å². The van der Waals surface area contributed by atoms with Crippen molar-refractivity contribution in [3.63, 3.8) is 0 Å². The number of hydrogen-bond acceptors (Lipinski definition) is 3. The Bertz CT molecular complexity index is 672. The first kappa shape index (κ1) is 15.2. The first-order valence-electron chi connectivity index (χ1n) is 6.02. The van der Waals surface area contributed by atoms with Gasteiger partial charge in [0.05, 0.1) is 17.8 Å². The number of rotatable bonds is 4. The Hall–Kier alpha value is -2.21. The Morgan fingerprint density at radius 1 is 1.29 bits per heavy atom. The molecule has 2 aromatic rings. The number of carbonyl (C=O) groups excluding carboxylic acids is 1. The number of methoxy groups -OCH3 is 1. The molecular weight excluding hydrogens is 339 g/mol. The summed E-state index contributed by atoms with van der Waals surface area (Å²) in [6.07, 6.45) is 1.44. The molecule has 2 aromatic carbocycles. The molecule has 2 rings (SSSR count). The summed E-state index contributed by atoms with van der Waals surface area (Å²) >= 11 is 3.08. The van der Waals surface area contributed by atoms with Crippen molar-refractivity contribution in [3.05, 3.63) is 63.9 Å². The van der Waals surface area contributed by atoms with Gasteiger partial charge in [-0.2, -0.15) is 5.10 Å². The maximum Gasteiger partial charge on any atom is 0.271 e. The lowest BCUT2D eigenvalue weighted by Gasteiger charge is -2.02. The van der Waals surface area contributed by atoms with Gasteiger partial charge < -0.3 is 4.74 Å². The van der Waals surface area contributed by atoms with Gasteiger partial charge in [-0.25, -0.2) is 9.82 Å². The molecule has 0 radical (unpaired) electrons. The topological polar surface area (TPSA) is 50.7 Å². The first-order chi connectivity index (χ1) is 10.1. The summed E-state index contributed by atoms with van der Waals surface area (Å²) < 4.78 is 18.4. The van der Waals surface area contributed by atoms with E-state index < -0.39 is 0 Å². The molecular formula is C15H12BrFN2O2. The summed E-state index contributed by atoms with van der Waals surface area (Å²) in [5, 5.41) is 3.83. The monoisotopic (exact) mass is 350 g/mol. The molecule has 0 aromatic heterocycles. The fourth-order valence-electron chi connectivity index (χ4n) is 1.57. The standard InChI is InChI=1S/C15H12BrFN2O2/c1-21-12-5-3-11(4-6-12)15(20)19-18-9-10-2-7-14(17)13(16)8-10/h2-9H,1H3,(H,19,20)/b18-9+. The van der Waals surface area contributed by atoms with Crippen molar-refractivity contribution >= 4 is 28.1 Å². The summed E-state index contributed by atoms with van der Waals surface area (Å²) in [7, 11) is 1.56. The van der Waals surface area contributed by atoms with Crippen LogP contribution in [0.15, 0.2) is 52.0 Å². The van der Waals surface area contributed by atoms with Crippen molar-refractivity contribution in [1.82, 2.24) is 5.43 Å². The minimum absolute atomic E-state index is 0.338. The zero-order valence-electron chi connectivity index (χ0n) is 11.1. The van der Waals surface area contributed by atoms with Gasteiger partial charge in [0.2, 0.25) is 0 Å². The van der Waals surface area contributed by atoms with Crippen LogP contribution in [-0.2, 0) is 0 Å². The van der Waals surface area contributed by atoms with Crippen LogP contribution < -0.4 is 10.2 Å². The number of halogens is 2. The summed E-state index contributed by atoms with van der Waals surface area (Å²) in [6.45, 7) is 0. The summed E-state index contributed by atoms with van der Waals surface area (Å²) in [5.41, 5.74) is 3.53. The van der Waals surface area contributed by atoms with Gasteiger partial charge in [-0.3, -0.25) is 4.79 Å². The molecule has 21 heavy (non-hydrogen) atoms. The summed E-state index contributed by atoms with van der Waals surface area (Å²) in [5.74, 6) is -0.0179. The van der Waals surface area contributed by atoms with Gasteiger partial charge in [-0.1, -0.05) is 6.07 Å². The molecule has 6 heteroatoms. The van der Waals surface area contributed by atoms with Crippen LogP contribution in [0.5, 0.6) is 5.75 Å². The molecule has 0 saturated heterocycles. The highest BCUT2D eigenvalue weighted by molar-refractivity contribution is 9.10. The van der Waals surface area contributed by atoms with E-state index in [0.29, 0.717) is 21.3 Å². The van der Waals surface area contributed by atoms with Gasteiger partial charge in [0, 0.05) is 5.56 Å². The van der Waals surface area contributed by atoms with Crippen LogP contribution >= 0.6 is 15.9 Å². The van der Waals surface area contributed by atoms with E-state index in [1.807, 2.05) is 0 Å². The maximum absolute atomic E-state index is 13.1. The Labute approximate surface area is 129 Å². The molecule has 0 unspecified atom stereocenters. The third kappa shape index (κ3) is 4.13. The summed E-state index contributed by atoms with van der Waals surface area (Å²) in [4.78, 5) is 11.8. The fourth-order valence-corrected chi connectivity index (χ4v) is 1.96. The van der Waals surface area contributed by atoms with Crippen LogP contribution in [0.3, 0.4) is 0 Å². The largest absolute Gasteiger partial charge is 0.497 e. The van der Waals surface area contributed by atoms with Gasteiger partial charge in [-0.05, 0) is 57.9 Å². The van der Waals surface area contributed by atoms with E-state index in [4.69, 9.17) is 4.74 Å².